The van der Waals surface area contributed by atoms with Gasteiger partial charge >= 0.3 is 0 Å². The van der Waals surface area contributed by atoms with Gasteiger partial charge in [0.1, 0.15) is 5.84 Å². The Bertz CT molecular complexity index is 454. The zero-order valence-electron chi connectivity index (χ0n) is 12.6. The van der Waals surface area contributed by atoms with Crippen molar-refractivity contribution in [1.29, 1.82) is 5.41 Å². The van der Waals surface area contributed by atoms with Crippen LogP contribution in [0.25, 0.3) is 0 Å². The first-order valence-electron chi connectivity index (χ1n) is 7.53. The molecular weight excluding hydrogens is 248 g/mol. The Morgan fingerprint density at radius 2 is 2.15 bits per heavy atom. The second-order valence-electron chi connectivity index (χ2n) is 5.51. The van der Waals surface area contributed by atoms with E-state index in [0.29, 0.717) is 6.04 Å². The van der Waals surface area contributed by atoms with Gasteiger partial charge in [-0.05, 0) is 31.1 Å². The van der Waals surface area contributed by atoms with Gasteiger partial charge < -0.3 is 5.73 Å². The fourth-order valence-electron chi connectivity index (χ4n) is 3.09. The Labute approximate surface area is 122 Å². The largest absolute Gasteiger partial charge is 0.384 e. The molecule has 4 heteroatoms. The van der Waals surface area contributed by atoms with E-state index in [1.165, 1.54) is 12.0 Å². The Morgan fingerprint density at radius 3 is 2.80 bits per heavy atom. The van der Waals surface area contributed by atoms with E-state index < -0.39 is 0 Å². The Morgan fingerprint density at radius 1 is 1.40 bits per heavy atom. The van der Waals surface area contributed by atoms with Gasteiger partial charge in [-0.1, -0.05) is 32.0 Å². The van der Waals surface area contributed by atoms with Crippen molar-refractivity contribution in [2.45, 2.75) is 32.9 Å². The van der Waals surface area contributed by atoms with Gasteiger partial charge in [-0.15, -0.1) is 0 Å². The fraction of sp³-hybridized carbons (Fsp3) is 0.562. The van der Waals surface area contributed by atoms with Crippen LogP contribution in [0.5, 0.6) is 0 Å². The number of rotatable bonds is 6. The lowest BCUT2D eigenvalue weighted by molar-refractivity contribution is 0.209. The highest BCUT2D eigenvalue weighted by Crippen LogP contribution is 2.18. The number of nitrogens with zero attached hydrogens (tertiary/aromatic N) is 2. The van der Waals surface area contributed by atoms with Crippen LogP contribution in [0, 0.1) is 5.41 Å². The first-order valence-corrected chi connectivity index (χ1v) is 7.53. The number of benzene rings is 1. The SMILES string of the molecule is CCN(CC)C1CCN(Cc2cccc(C(=N)N)c2)C1. The topological polar surface area (TPSA) is 56.4 Å². The van der Waals surface area contributed by atoms with E-state index in [1.54, 1.807) is 0 Å². The summed E-state index contributed by atoms with van der Waals surface area (Å²) in [7, 11) is 0. The van der Waals surface area contributed by atoms with Crippen molar-refractivity contribution in [1.82, 2.24) is 9.80 Å². The van der Waals surface area contributed by atoms with Crippen LogP contribution in [-0.4, -0.2) is 47.9 Å². The third-order valence-electron chi connectivity index (χ3n) is 4.22. The number of hydrogen-bond acceptors (Lipinski definition) is 3. The van der Waals surface area contributed by atoms with Crippen LogP contribution in [0.3, 0.4) is 0 Å². The highest BCUT2D eigenvalue weighted by molar-refractivity contribution is 5.95. The Hall–Kier alpha value is -1.39. The molecule has 20 heavy (non-hydrogen) atoms. The predicted molar refractivity (Wildman–Crippen MR) is 84.1 cm³/mol. The molecule has 4 nitrogen and oxygen atoms in total. The lowest BCUT2D eigenvalue weighted by atomic mass is 10.1. The number of hydrogen-bond donors (Lipinski definition) is 2. The Balaban J connectivity index is 1.95. The second-order valence-corrected chi connectivity index (χ2v) is 5.51. The Kier molecular flexibility index (Phi) is 5.15. The zero-order chi connectivity index (χ0) is 14.5. The van der Waals surface area contributed by atoms with Crippen molar-refractivity contribution in [2.75, 3.05) is 26.2 Å². The lowest BCUT2D eigenvalue weighted by Crippen LogP contribution is -2.37. The summed E-state index contributed by atoms with van der Waals surface area (Å²) in [5, 5.41) is 7.51. The third kappa shape index (κ3) is 3.58. The molecule has 0 aliphatic carbocycles. The van der Waals surface area contributed by atoms with Gasteiger partial charge in [0.25, 0.3) is 0 Å². The predicted octanol–water partition coefficient (Wildman–Crippen LogP) is 1.89. The summed E-state index contributed by atoms with van der Waals surface area (Å²) in [5.74, 6) is 0.147. The minimum Gasteiger partial charge on any atom is -0.384 e. The summed E-state index contributed by atoms with van der Waals surface area (Å²) in [4.78, 5) is 5.05. The monoisotopic (exact) mass is 274 g/mol. The van der Waals surface area contributed by atoms with Crippen molar-refractivity contribution >= 4 is 5.84 Å². The second kappa shape index (κ2) is 6.86. The number of amidine groups is 1. The maximum Gasteiger partial charge on any atom is 0.122 e. The number of nitrogens with one attached hydrogen (secondary N) is 1. The molecule has 2 rings (SSSR count). The van der Waals surface area contributed by atoms with Crippen LogP contribution in [-0.2, 0) is 6.54 Å². The fourth-order valence-corrected chi connectivity index (χ4v) is 3.09. The molecule has 3 N–H and O–H groups in total. The summed E-state index contributed by atoms with van der Waals surface area (Å²) in [5.41, 5.74) is 7.62. The molecule has 1 aliphatic heterocycles. The van der Waals surface area contributed by atoms with Crippen LogP contribution < -0.4 is 5.73 Å². The van der Waals surface area contributed by atoms with Gasteiger partial charge in [-0.3, -0.25) is 15.2 Å². The smallest absolute Gasteiger partial charge is 0.122 e. The van der Waals surface area contributed by atoms with Gasteiger partial charge in [-0.25, -0.2) is 0 Å². The average molecular weight is 274 g/mol. The van der Waals surface area contributed by atoms with Gasteiger partial charge in [0.2, 0.25) is 0 Å². The van der Waals surface area contributed by atoms with Gasteiger partial charge in [-0.2, -0.15) is 0 Å². The molecule has 1 unspecified atom stereocenters. The summed E-state index contributed by atoms with van der Waals surface area (Å²) >= 11 is 0. The molecule has 1 atom stereocenters. The quantitative estimate of drug-likeness (QED) is 0.615. The van der Waals surface area contributed by atoms with E-state index in [1.807, 2.05) is 18.2 Å². The normalized spacial score (nSPS) is 19.6. The molecule has 110 valence electrons. The number of nitrogens with two attached hydrogens (primary N) is 1. The number of nitrogen functional groups attached to an aromatic ring is 1. The average Bonchev–Trinajstić information content (AvgIpc) is 2.89. The lowest BCUT2D eigenvalue weighted by Gasteiger charge is -2.26. The minimum absolute atomic E-state index is 0.147. The van der Waals surface area contributed by atoms with E-state index in [-0.39, 0.29) is 5.84 Å². The van der Waals surface area contributed by atoms with Crippen molar-refractivity contribution in [2.24, 2.45) is 5.73 Å². The maximum atomic E-state index is 7.51. The molecular formula is C16H26N4. The first kappa shape index (κ1) is 15.0. The minimum atomic E-state index is 0.147. The molecule has 0 spiro atoms. The molecule has 0 saturated carbocycles. The summed E-state index contributed by atoms with van der Waals surface area (Å²) in [6, 6.07) is 8.74. The first-order chi connectivity index (χ1) is 9.63. The third-order valence-corrected chi connectivity index (χ3v) is 4.22. The van der Waals surface area contributed by atoms with E-state index in [4.69, 9.17) is 11.1 Å². The summed E-state index contributed by atoms with van der Waals surface area (Å²) in [6.07, 6.45) is 1.26. The van der Waals surface area contributed by atoms with Crippen LogP contribution in [0.15, 0.2) is 24.3 Å². The van der Waals surface area contributed by atoms with Crippen LogP contribution in [0.1, 0.15) is 31.4 Å². The molecule has 1 aliphatic rings. The van der Waals surface area contributed by atoms with Crippen molar-refractivity contribution in [3.8, 4) is 0 Å². The van der Waals surface area contributed by atoms with E-state index in [2.05, 4.69) is 29.7 Å². The molecule has 1 fully saturated rings. The highest BCUT2D eigenvalue weighted by atomic mass is 15.2. The van der Waals surface area contributed by atoms with Gasteiger partial charge in [0, 0.05) is 31.2 Å². The molecule has 1 aromatic carbocycles. The molecule has 1 saturated heterocycles. The van der Waals surface area contributed by atoms with Crippen LogP contribution in [0.4, 0.5) is 0 Å². The summed E-state index contributed by atoms with van der Waals surface area (Å²) < 4.78 is 0. The highest BCUT2D eigenvalue weighted by Gasteiger charge is 2.25. The van der Waals surface area contributed by atoms with Crippen LogP contribution in [0.2, 0.25) is 0 Å². The van der Waals surface area contributed by atoms with Gasteiger partial charge in [0.15, 0.2) is 0 Å². The molecule has 0 radical (unpaired) electrons. The van der Waals surface area contributed by atoms with Crippen molar-refractivity contribution in [3.05, 3.63) is 35.4 Å². The van der Waals surface area contributed by atoms with Crippen molar-refractivity contribution in [3.63, 3.8) is 0 Å². The molecule has 1 aromatic rings. The van der Waals surface area contributed by atoms with E-state index in [0.717, 1.165) is 38.3 Å². The van der Waals surface area contributed by atoms with Gasteiger partial charge in [0.05, 0.1) is 0 Å². The summed E-state index contributed by atoms with van der Waals surface area (Å²) in [6.45, 7) is 10.0. The molecule has 0 aromatic heterocycles. The standard InChI is InChI=1S/C16H26N4/c1-3-20(4-2)15-8-9-19(12-15)11-13-6-5-7-14(10-13)16(17)18/h5-7,10,15H,3-4,8-9,11-12H2,1-2H3,(H3,17,18). The van der Waals surface area contributed by atoms with Crippen LogP contribution >= 0.6 is 0 Å². The zero-order valence-corrected chi connectivity index (χ0v) is 12.6. The molecule has 0 amide bonds. The number of likely N-dealkylation sites (N-methyl/N-ethyl adjacent to an activating group) is 1. The molecule has 0 bridgehead atoms. The molecule has 1 heterocycles. The maximum absolute atomic E-state index is 7.51. The number of likely N-dealkylation sites (tertiary alicyclic amines) is 1. The van der Waals surface area contributed by atoms with E-state index >= 15 is 0 Å². The van der Waals surface area contributed by atoms with E-state index in [9.17, 15) is 0 Å². The van der Waals surface area contributed by atoms with Crippen molar-refractivity contribution < 1.29 is 0 Å².